The van der Waals surface area contributed by atoms with Gasteiger partial charge in [0.25, 0.3) is 5.91 Å². The second-order valence-electron chi connectivity index (χ2n) is 2.24. The Bertz CT molecular complexity index is 335. The molecular weight excluding hydrogens is 229 g/mol. The molecule has 1 aromatic heterocycles. The molecule has 0 aliphatic carbocycles. The van der Waals surface area contributed by atoms with Gasteiger partial charge in [0.1, 0.15) is 4.34 Å². The summed E-state index contributed by atoms with van der Waals surface area (Å²) in [4.78, 5) is 11.3. The highest BCUT2D eigenvalue weighted by Gasteiger charge is 2.12. The van der Waals surface area contributed by atoms with Crippen LogP contribution in [0.15, 0.2) is 18.7 Å². The van der Waals surface area contributed by atoms with E-state index in [1.54, 1.807) is 12.1 Å². The maximum Gasteiger partial charge on any atom is 0.253 e. The first-order valence-electron chi connectivity index (χ1n) is 3.49. The van der Waals surface area contributed by atoms with Gasteiger partial charge < -0.3 is 5.32 Å². The molecule has 13 heavy (non-hydrogen) atoms. The van der Waals surface area contributed by atoms with Gasteiger partial charge in [0, 0.05) is 6.54 Å². The highest BCUT2D eigenvalue weighted by molar-refractivity contribution is 7.20. The van der Waals surface area contributed by atoms with Gasteiger partial charge in [-0.3, -0.25) is 4.79 Å². The first-order chi connectivity index (χ1) is 6.15. The lowest BCUT2D eigenvalue weighted by atomic mass is 10.3. The third-order valence-electron chi connectivity index (χ3n) is 1.31. The second-order valence-corrected chi connectivity index (χ2v) is 4.52. The van der Waals surface area contributed by atoms with E-state index in [-0.39, 0.29) is 5.91 Å². The molecule has 0 aliphatic rings. The fraction of sp³-hybridized carbons (Fsp3) is 0.125. The third kappa shape index (κ3) is 2.72. The molecule has 0 saturated carbocycles. The molecule has 0 fully saturated rings. The minimum Gasteiger partial charge on any atom is -0.349 e. The Morgan fingerprint density at radius 3 is 2.85 bits per heavy atom. The van der Waals surface area contributed by atoms with Gasteiger partial charge in [0.15, 0.2) is 0 Å². The van der Waals surface area contributed by atoms with Gasteiger partial charge in [0.05, 0.1) is 9.90 Å². The lowest BCUT2D eigenvalue weighted by molar-refractivity contribution is 0.0958. The van der Waals surface area contributed by atoms with Crippen LogP contribution in [0.3, 0.4) is 0 Å². The second kappa shape index (κ2) is 4.65. The topological polar surface area (TPSA) is 29.1 Å². The summed E-state index contributed by atoms with van der Waals surface area (Å²) in [5.74, 6) is -0.229. The maximum atomic E-state index is 11.3. The van der Waals surface area contributed by atoms with E-state index in [9.17, 15) is 4.79 Å². The molecule has 1 N–H and O–H groups in total. The minimum absolute atomic E-state index is 0.229. The van der Waals surface area contributed by atoms with E-state index in [1.807, 2.05) is 0 Å². The van der Waals surface area contributed by atoms with Gasteiger partial charge in [0.2, 0.25) is 0 Å². The molecule has 0 unspecified atom stereocenters. The highest BCUT2D eigenvalue weighted by Crippen LogP contribution is 2.30. The van der Waals surface area contributed by atoms with Crippen molar-refractivity contribution in [3.8, 4) is 0 Å². The first-order valence-corrected chi connectivity index (χ1v) is 5.06. The fourth-order valence-corrected chi connectivity index (χ4v) is 2.21. The Labute approximate surface area is 90.2 Å². The standard InChI is InChI=1S/C8H7Cl2NOS/c1-2-3-11-8(12)5-4-6(9)13-7(5)10/h2,4H,1,3H2,(H,11,12). The van der Waals surface area contributed by atoms with Crippen LogP contribution >= 0.6 is 34.5 Å². The first kappa shape index (κ1) is 10.6. The third-order valence-corrected chi connectivity index (χ3v) is 2.80. The van der Waals surface area contributed by atoms with Crippen LogP contribution in [0.25, 0.3) is 0 Å². The summed E-state index contributed by atoms with van der Waals surface area (Å²) in [7, 11) is 0. The number of rotatable bonds is 3. The van der Waals surface area contributed by atoms with Crippen molar-refractivity contribution in [3.63, 3.8) is 0 Å². The van der Waals surface area contributed by atoms with Gasteiger partial charge in [-0.2, -0.15) is 0 Å². The molecule has 1 rings (SSSR count). The number of halogens is 2. The lowest BCUT2D eigenvalue weighted by Gasteiger charge is -1.98. The van der Waals surface area contributed by atoms with Gasteiger partial charge >= 0.3 is 0 Å². The molecule has 0 bridgehead atoms. The Morgan fingerprint density at radius 1 is 1.69 bits per heavy atom. The fourth-order valence-electron chi connectivity index (χ4n) is 0.755. The molecule has 2 nitrogen and oxygen atoms in total. The monoisotopic (exact) mass is 235 g/mol. The average molecular weight is 236 g/mol. The quantitative estimate of drug-likeness (QED) is 0.803. The van der Waals surface area contributed by atoms with Crippen LogP contribution < -0.4 is 5.32 Å². The smallest absolute Gasteiger partial charge is 0.253 e. The van der Waals surface area contributed by atoms with E-state index in [1.165, 1.54) is 11.3 Å². The Morgan fingerprint density at radius 2 is 2.38 bits per heavy atom. The van der Waals surface area contributed by atoms with Crippen LogP contribution in [-0.2, 0) is 0 Å². The van der Waals surface area contributed by atoms with Crippen LogP contribution in [0.2, 0.25) is 8.67 Å². The summed E-state index contributed by atoms with van der Waals surface area (Å²) in [6, 6.07) is 1.55. The van der Waals surface area contributed by atoms with Crippen LogP contribution in [-0.4, -0.2) is 12.5 Å². The molecule has 1 heterocycles. The molecule has 0 aromatic carbocycles. The number of carbonyl (C=O) groups is 1. The Balaban J connectivity index is 2.76. The largest absolute Gasteiger partial charge is 0.349 e. The molecule has 0 aliphatic heterocycles. The molecule has 0 saturated heterocycles. The lowest BCUT2D eigenvalue weighted by Crippen LogP contribution is -2.22. The van der Waals surface area contributed by atoms with Gasteiger partial charge in [-0.05, 0) is 6.07 Å². The summed E-state index contributed by atoms with van der Waals surface area (Å²) in [5, 5.41) is 2.61. The highest BCUT2D eigenvalue weighted by atomic mass is 35.5. The molecule has 1 aromatic rings. The number of thiophene rings is 1. The normalized spacial score (nSPS) is 9.69. The summed E-state index contributed by atoms with van der Waals surface area (Å²) in [6.07, 6.45) is 1.60. The SMILES string of the molecule is C=CCNC(=O)c1cc(Cl)sc1Cl. The number of hydrogen-bond donors (Lipinski definition) is 1. The average Bonchev–Trinajstić information content (AvgIpc) is 2.41. The van der Waals surface area contributed by atoms with Crippen LogP contribution in [0.1, 0.15) is 10.4 Å². The van der Waals surface area contributed by atoms with E-state index >= 15 is 0 Å². The molecule has 0 atom stereocenters. The van der Waals surface area contributed by atoms with Gasteiger partial charge in [-0.15, -0.1) is 17.9 Å². The van der Waals surface area contributed by atoms with E-state index in [4.69, 9.17) is 23.2 Å². The van der Waals surface area contributed by atoms with E-state index < -0.39 is 0 Å². The number of amides is 1. The van der Waals surface area contributed by atoms with Crippen molar-refractivity contribution in [2.75, 3.05) is 6.54 Å². The minimum atomic E-state index is -0.229. The van der Waals surface area contributed by atoms with E-state index in [0.29, 0.717) is 20.8 Å². The summed E-state index contributed by atoms with van der Waals surface area (Å²) >= 11 is 12.6. The maximum absolute atomic E-state index is 11.3. The number of nitrogens with one attached hydrogen (secondary N) is 1. The number of carbonyl (C=O) groups excluding carboxylic acids is 1. The zero-order valence-electron chi connectivity index (χ0n) is 6.64. The molecule has 0 spiro atoms. The van der Waals surface area contributed by atoms with Crippen molar-refractivity contribution >= 4 is 40.4 Å². The summed E-state index contributed by atoms with van der Waals surface area (Å²) in [5.41, 5.74) is 0.415. The molecule has 70 valence electrons. The van der Waals surface area contributed by atoms with E-state index in [2.05, 4.69) is 11.9 Å². The number of hydrogen-bond acceptors (Lipinski definition) is 2. The summed E-state index contributed by atoms with van der Waals surface area (Å²) in [6.45, 7) is 3.90. The van der Waals surface area contributed by atoms with Gasteiger partial charge in [-0.1, -0.05) is 29.3 Å². The zero-order valence-corrected chi connectivity index (χ0v) is 8.97. The predicted octanol–water partition coefficient (Wildman–Crippen LogP) is 2.97. The van der Waals surface area contributed by atoms with Crippen molar-refractivity contribution in [1.29, 1.82) is 0 Å². The molecule has 0 radical (unpaired) electrons. The predicted molar refractivity (Wildman–Crippen MR) is 56.9 cm³/mol. The molecule has 1 amide bonds. The Kier molecular flexibility index (Phi) is 3.78. The van der Waals surface area contributed by atoms with Crippen molar-refractivity contribution < 1.29 is 4.79 Å². The van der Waals surface area contributed by atoms with E-state index in [0.717, 1.165) is 0 Å². The Hall–Kier alpha value is -0.510. The molecular formula is C8H7Cl2NOS. The van der Waals surface area contributed by atoms with Crippen LogP contribution in [0, 0.1) is 0 Å². The van der Waals surface area contributed by atoms with Crippen LogP contribution in [0.4, 0.5) is 0 Å². The molecule has 5 heteroatoms. The van der Waals surface area contributed by atoms with Crippen molar-refractivity contribution in [3.05, 3.63) is 33.0 Å². The van der Waals surface area contributed by atoms with Crippen LogP contribution in [0.5, 0.6) is 0 Å². The van der Waals surface area contributed by atoms with Crippen molar-refractivity contribution in [2.24, 2.45) is 0 Å². The van der Waals surface area contributed by atoms with Crippen molar-refractivity contribution in [2.45, 2.75) is 0 Å². The van der Waals surface area contributed by atoms with Gasteiger partial charge in [-0.25, -0.2) is 0 Å². The van der Waals surface area contributed by atoms with Crippen molar-refractivity contribution in [1.82, 2.24) is 5.32 Å². The summed E-state index contributed by atoms with van der Waals surface area (Å²) < 4.78 is 0.917. The zero-order chi connectivity index (χ0) is 9.84.